The van der Waals surface area contributed by atoms with Crippen molar-refractivity contribution in [1.82, 2.24) is 10.2 Å². The Morgan fingerprint density at radius 2 is 1.73 bits per heavy atom. The molecule has 2 unspecified atom stereocenters. The molecule has 0 radical (unpaired) electrons. The molecule has 0 spiro atoms. The van der Waals surface area contributed by atoms with Crippen LogP contribution in [-0.4, -0.2) is 57.3 Å². The Morgan fingerprint density at radius 3 is 2.24 bits per heavy atom. The van der Waals surface area contributed by atoms with Gasteiger partial charge in [0, 0.05) is 6.04 Å². The van der Waals surface area contributed by atoms with Crippen molar-refractivity contribution < 1.29 is 29.3 Å². The van der Waals surface area contributed by atoms with Crippen molar-refractivity contribution in [2.45, 2.75) is 72.2 Å². The number of nitrogens with zero attached hydrogens (tertiary/aromatic N) is 1. The number of halogens is 1. The van der Waals surface area contributed by atoms with Crippen LogP contribution in [-0.2, 0) is 14.3 Å². The van der Waals surface area contributed by atoms with Gasteiger partial charge in [0.25, 0.3) is 5.91 Å². The Bertz CT molecular complexity index is 1130. The van der Waals surface area contributed by atoms with Crippen LogP contribution in [0.25, 0.3) is 0 Å². The third kappa shape index (κ3) is 7.84. The van der Waals surface area contributed by atoms with Crippen LogP contribution in [0.3, 0.4) is 0 Å². The molecule has 0 aromatic heterocycles. The first-order chi connectivity index (χ1) is 17.2. The SMILES string of the molecule is Cc1cc(C(C(=O)Nc2c(C)cccc2Cl)N(C(=O)C(CO)NC(=O)OC(C)(C)C)C(C)C)ccc1O. The maximum absolute atomic E-state index is 13.8. The number of hydrogen-bond donors (Lipinski definition) is 4. The van der Waals surface area contributed by atoms with Crippen molar-refractivity contribution in [3.63, 3.8) is 0 Å². The molecule has 37 heavy (non-hydrogen) atoms. The van der Waals surface area contributed by atoms with Crippen molar-refractivity contribution in [2.75, 3.05) is 11.9 Å². The summed E-state index contributed by atoms with van der Waals surface area (Å²) in [5.41, 5.74) is 1.24. The molecule has 202 valence electrons. The average molecular weight is 534 g/mol. The van der Waals surface area contributed by atoms with Gasteiger partial charge in [0.2, 0.25) is 5.91 Å². The molecule has 2 atom stereocenters. The number of para-hydroxylation sites is 1. The number of amides is 3. The minimum Gasteiger partial charge on any atom is -0.508 e. The highest BCUT2D eigenvalue weighted by Crippen LogP contribution is 2.32. The molecule has 2 aromatic rings. The Hall–Kier alpha value is -3.30. The molecule has 0 saturated carbocycles. The van der Waals surface area contributed by atoms with E-state index in [1.54, 1.807) is 78.8 Å². The maximum atomic E-state index is 13.8. The second-order valence-corrected chi connectivity index (χ2v) is 10.5. The lowest BCUT2D eigenvalue weighted by Gasteiger charge is -2.37. The van der Waals surface area contributed by atoms with Crippen molar-refractivity contribution >= 4 is 35.2 Å². The summed E-state index contributed by atoms with van der Waals surface area (Å²) in [6, 6.07) is 6.70. The summed E-state index contributed by atoms with van der Waals surface area (Å²) < 4.78 is 5.23. The molecule has 9 nitrogen and oxygen atoms in total. The molecular weight excluding hydrogens is 498 g/mol. The van der Waals surface area contributed by atoms with E-state index in [0.29, 0.717) is 21.8 Å². The summed E-state index contributed by atoms with van der Waals surface area (Å²) in [6.07, 6.45) is -0.878. The van der Waals surface area contributed by atoms with Crippen LogP contribution >= 0.6 is 11.6 Å². The number of benzene rings is 2. The zero-order valence-corrected chi connectivity index (χ0v) is 23.0. The first-order valence-electron chi connectivity index (χ1n) is 11.9. The van der Waals surface area contributed by atoms with Gasteiger partial charge in [-0.2, -0.15) is 0 Å². The molecule has 2 rings (SSSR count). The van der Waals surface area contributed by atoms with Gasteiger partial charge < -0.3 is 30.5 Å². The minimum atomic E-state index is -1.37. The van der Waals surface area contributed by atoms with Gasteiger partial charge in [0.15, 0.2) is 0 Å². The molecule has 3 amide bonds. The minimum absolute atomic E-state index is 0.0344. The number of alkyl carbamates (subject to hydrolysis) is 1. The lowest BCUT2D eigenvalue weighted by molar-refractivity contribution is -0.143. The van der Waals surface area contributed by atoms with Gasteiger partial charge in [-0.05, 0) is 83.4 Å². The van der Waals surface area contributed by atoms with E-state index in [4.69, 9.17) is 16.3 Å². The van der Waals surface area contributed by atoms with Gasteiger partial charge in [-0.3, -0.25) is 9.59 Å². The molecule has 0 saturated heterocycles. The van der Waals surface area contributed by atoms with Crippen LogP contribution in [0.4, 0.5) is 10.5 Å². The lowest BCUT2D eigenvalue weighted by Crippen LogP contribution is -2.55. The number of nitrogens with one attached hydrogen (secondary N) is 2. The van der Waals surface area contributed by atoms with E-state index in [2.05, 4.69) is 10.6 Å². The fraction of sp³-hybridized carbons (Fsp3) is 0.444. The van der Waals surface area contributed by atoms with Crippen molar-refractivity contribution in [2.24, 2.45) is 0 Å². The number of aliphatic hydroxyl groups is 1. The lowest BCUT2D eigenvalue weighted by atomic mass is 9.98. The third-order valence-corrected chi connectivity index (χ3v) is 5.83. The summed E-state index contributed by atoms with van der Waals surface area (Å²) in [5.74, 6) is -1.21. The number of ether oxygens (including phenoxy) is 1. The highest BCUT2D eigenvalue weighted by atomic mass is 35.5. The van der Waals surface area contributed by atoms with Crippen LogP contribution in [0.5, 0.6) is 5.75 Å². The topological polar surface area (TPSA) is 128 Å². The van der Waals surface area contributed by atoms with E-state index in [1.807, 2.05) is 0 Å². The molecule has 2 aromatic carbocycles. The molecule has 10 heteroatoms. The summed E-state index contributed by atoms with van der Waals surface area (Å²) in [5, 5.41) is 25.6. The zero-order valence-electron chi connectivity index (χ0n) is 22.3. The normalized spacial score (nSPS) is 13.0. The number of carbonyl (C=O) groups is 3. The molecular formula is C27H36ClN3O6. The second-order valence-electron chi connectivity index (χ2n) is 10.1. The van der Waals surface area contributed by atoms with Crippen molar-refractivity contribution in [1.29, 1.82) is 0 Å². The summed E-state index contributed by atoms with van der Waals surface area (Å²) in [7, 11) is 0. The fourth-order valence-electron chi connectivity index (χ4n) is 3.76. The van der Waals surface area contributed by atoms with E-state index >= 15 is 0 Å². The molecule has 0 aliphatic heterocycles. The van der Waals surface area contributed by atoms with Gasteiger partial charge in [-0.1, -0.05) is 29.8 Å². The van der Waals surface area contributed by atoms with Crippen LogP contribution in [0.1, 0.15) is 57.4 Å². The largest absolute Gasteiger partial charge is 0.508 e. The van der Waals surface area contributed by atoms with Crippen LogP contribution < -0.4 is 10.6 Å². The predicted molar refractivity (Wildman–Crippen MR) is 143 cm³/mol. The molecule has 0 bridgehead atoms. The van der Waals surface area contributed by atoms with Gasteiger partial charge >= 0.3 is 6.09 Å². The van der Waals surface area contributed by atoms with Gasteiger partial charge in [0.05, 0.1) is 17.3 Å². The second kappa shape index (κ2) is 12.3. The standard InChI is InChI=1S/C27H36ClN3O6/c1-15(2)31(25(35)20(14-32)29-26(36)37-27(5,6)7)23(18-11-12-21(33)17(4)13-18)24(34)30-22-16(3)9-8-10-19(22)28/h8-13,15,20,23,32-33H,14H2,1-7H3,(H,29,36)(H,30,34). The molecule has 0 aliphatic carbocycles. The van der Waals surface area contributed by atoms with Crippen molar-refractivity contribution in [3.05, 3.63) is 58.1 Å². The van der Waals surface area contributed by atoms with E-state index in [1.165, 1.54) is 11.0 Å². The molecule has 0 heterocycles. The Balaban J connectivity index is 2.54. The Kier molecular flexibility index (Phi) is 9.94. The quantitative estimate of drug-likeness (QED) is 0.396. The first-order valence-corrected chi connectivity index (χ1v) is 12.3. The number of phenols is 1. The molecule has 0 aliphatic rings. The van der Waals surface area contributed by atoms with Crippen LogP contribution in [0, 0.1) is 13.8 Å². The Morgan fingerprint density at radius 1 is 1.08 bits per heavy atom. The summed E-state index contributed by atoms with van der Waals surface area (Å²) >= 11 is 6.34. The average Bonchev–Trinajstić information content (AvgIpc) is 2.78. The number of carbonyl (C=O) groups excluding carboxylic acids is 3. The number of hydrogen-bond acceptors (Lipinski definition) is 6. The number of anilines is 1. The highest BCUT2D eigenvalue weighted by Gasteiger charge is 2.38. The molecule has 0 fully saturated rings. The predicted octanol–water partition coefficient (Wildman–Crippen LogP) is 4.46. The van der Waals surface area contributed by atoms with Gasteiger partial charge in [-0.25, -0.2) is 4.79 Å². The van der Waals surface area contributed by atoms with E-state index in [9.17, 15) is 24.6 Å². The molecule has 4 N–H and O–H groups in total. The third-order valence-electron chi connectivity index (χ3n) is 5.52. The van der Waals surface area contributed by atoms with Crippen molar-refractivity contribution in [3.8, 4) is 5.75 Å². The van der Waals surface area contributed by atoms with E-state index in [-0.39, 0.29) is 5.75 Å². The number of rotatable bonds is 8. The zero-order chi connectivity index (χ0) is 28.1. The van der Waals surface area contributed by atoms with E-state index in [0.717, 1.165) is 5.56 Å². The summed E-state index contributed by atoms with van der Waals surface area (Å²) in [6.45, 7) is 11.2. The first kappa shape index (κ1) is 29.9. The smallest absolute Gasteiger partial charge is 0.408 e. The maximum Gasteiger partial charge on any atom is 0.408 e. The van der Waals surface area contributed by atoms with E-state index < -0.39 is 48.2 Å². The van der Waals surface area contributed by atoms with Gasteiger partial charge in [0.1, 0.15) is 23.4 Å². The fourth-order valence-corrected chi connectivity index (χ4v) is 4.03. The highest BCUT2D eigenvalue weighted by molar-refractivity contribution is 6.34. The van der Waals surface area contributed by atoms with Gasteiger partial charge in [-0.15, -0.1) is 0 Å². The Labute approximate surface area is 222 Å². The van der Waals surface area contributed by atoms with Crippen LogP contribution in [0.2, 0.25) is 5.02 Å². The number of phenolic OH excluding ortho intramolecular Hbond substituents is 1. The summed E-state index contributed by atoms with van der Waals surface area (Å²) in [4.78, 5) is 41.1. The number of aromatic hydroxyl groups is 1. The monoisotopic (exact) mass is 533 g/mol. The number of aliphatic hydroxyl groups excluding tert-OH is 1. The van der Waals surface area contributed by atoms with Crippen LogP contribution in [0.15, 0.2) is 36.4 Å². The number of aryl methyl sites for hydroxylation is 2.